The minimum atomic E-state index is -0.0857. The van der Waals surface area contributed by atoms with Gasteiger partial charge in [0.1, 0.15) is 5.69 Å². The molecule has 0 radical (unpaired) electrons. The van der Waals surface area contributed by atoms with Crippen LogP contribution in [0.4, 0.5) is 5.95 Å². The van der Waals surface area contributed by atoms with Crippen molar-refractivity contribution in [3.63, 3.8) is 0 Å². The predicted molar refractivity (Wildman–Crippen MR) is 106 cm³/mol. The molecule has 0 saturated carbocycles. The van der Waals surface area contributed by atoms with Gasteiger partial charge in [-0.05, 0) is 38.5 Å². The van der Waals surface area contributed by atoms with Crippen LogP contribution in [-0.4, -0.2) is 49.8 Å². The first-order chi connectivity index (χ1) is 13.5. The van der Waals surface area contributed by atoms with Crippen molar-refractivity contribution in [3.05, 3.63) is 53.7 Å². The van der Waals surface area contributed by atoms with Crippen LogP contribution >= 0.6 is 0 Å². The van der Waals surface area contributed by atoms with Crippen molar-refractivity contribution in [3.8, 4) is 11.3 Å². The first-order valence-corrected chi connectivity index (χ1v) is 9.32. The number of aryl methyl sites for hydroxylation is 2. The second kappa shape index (κ2) is 7.38. The Hall–Kier alpha value is -3.29. The largest absolute Gasteiger partial charge is 0.346 e. The van der Waals surface area contributed by atoms with Crippen LogP contribution in [0.3, 0.4) is 0 Å². The lowest BCUT2D eigenvalue weighted by Crippen LogP contribution is -2.38. The van der Waals surface area contributed by atoms with Gasteiger partial charge in [0.15, 0.2) is 0 Å². The van der Waals surface area contributed by atoms with Crippen LogP contribution < -0.4 is 10.2 Å². The summed E-state index contributed by atoms with van der Waals surface area (Å²) in [5, 5.41) is 7.46. The predicted octanol–water partition coefficient (Wildman–Crippen LogP) is 1.90. The third kappa shape index (κ3) is 3.45. The van der Waals surface area contributed by atoms with Gasteiger partial charge in [-0.3, -0.25) is 14.5 Å². The first-order valence-electron chi connectivity index (χ1n) is 9.32. The number of anilines is 1. The van der Waals surface area contributed by atoms with E-state index in [2.05, 4.69) is 30.3 Å². The van der Waals surface area contributed by atoms with Gasteiger partial charge in [0.05, 0.1) is 11.4 Å². The van der Waals surface area contributed by atoms with E-state index >= 15 is 0 Å². The molecule has 1 aliphatic rings. The van der Waals surface area contributed by atoms with Crippen molar-refractivity contribution >= 4 is 11.9 Å². The van der Waals surface area contributed by atoms with E-state index in [9.17, 15) is 4.79 Å². The number of hydrogen-bond donors (Lipinski definition) is 1. The Balaban J connectivity index is 1.45. The Labute approximate surface area is 163 Å². The van der Waals surface area contributed by atoms with Gasteiger partial charge < -0.3 is 10.2 Å². The molecule has 144 valence electrons. The summed E-state index contributed by atoms with van der Waals surface area (Å²) in [6.07, 6.45) is 6.14. The maximum atomic E-state index is 12.7. The van der Waals surface area contributed by atoms with Crippen molar-refractivity contribution in [2.45, 2.75) is 26.3 Å². The van der Waals surface area contributed by atoms with Crippen LogP contribution in [0, 0.1) is 13.8 Å². The number of nitrogens with zero attached hydrogens (tertiary/aromatic N) is 6. The monoisotopic (exact) mass is 377 g/mol. The lowest BCUT2D eigenvalue weighted by Gasteiger charge is -2.17. The summed E-state index contributed by atoms with van der Waals surface area (Å²) in [7, 11) is 1.80. The Bertz CT molecular complexity index is 999. The standard InChI is InChI=1S/C20H23N7O/c1-13-14(2)25-26(3)18(13)19(28)23-16-7-10-27(12-16)20-22-9-6-17(24-20)15-5-4-8-21-11-15/h4-6,8-9,11,16H,7,10,12H2,1-3H3,(H,23,28). The number of amides is 1. The van der Waals surface area contributed by atoms with Gasteiger partial charge in [0.2, 0.25) is 5.95 Å². The highest BCUT2D eigenvalue weighted by Gasteiger charge is 2.27. The second-order valence-corrected chi connectivity index (χ2v) is 7.07. The molecule has 3 aromatic heterocycles. The summed E-state index contributed by atoms with van der Waals surface area (Å²) in [5.41, 5.74) is 4.21. The second-order valence-electron chi connectivity index (χ2n) is 7.07. The van der Waals surface area contributed by atoms with Crippen LogP contribution in [0.25, 0.3) is 11.3 Å². The molecule has 0 spiro atoms. The van der Waals surface area contributed by atoms with Crippen LogP contribution in [0.5, 0.6) is 0 Å². The number of carbonyl (C=O) groups excluding carboxylic acids is 1. The molecular weight excluding hydrogens is 354 g/mol. The van der Waals surface area contributed by atoms with E-state index in [1.54, 1.807) is 30.3 Å². The van der Waals surface area contributed by atoms with Crippen molar-refractivity contribution in [2.75, 3.05) is 18.0 Å². The zero-order valence-electron chi connectivity index (χ0n) is 16.3. The Kier molecular flexibility index (Phi) is 4.77. The fourth-order valence-electron chi connectivity index (χ4n) is 3.57. The molecular formula is C20H23N7O. The quantitative estimate of drug-likeness (QED) is 0.747. The van der Waals surface area contributed by atoms with E-state index in [0.717, 1.165) is 35.5 Å². The van der Waals surface area contributed by atoms with Crippen LogP contribution in [0.2, 0.25) is 0 Å². The van der Waals surface area contributed by atoms with Crippen LogP contribution in [-0.2, 0) is 7.05 Å². The third-order valence-electron chi connectivity index (χ3n) is 5.14. The van der Waals surface area contributed by atoms with Crippen molar-refractivity contribution in [1.29, 1.82) is 0 Å². The maximum Gasteiger partial charge on any atom is 0.270 e. The normalized spacial score (nSPS) is 16.4. The van der Waals surface area contributed by atoms with Gasteiger partial charge in [0, 0.05) is 55.9 Å². The average molecular weight is 377 g/mol. The summed E-state index contributed by atoms with van der Waals surface area (Å²) >= 11 is 0. The molecule has 4 rings (SSSR count). The molecule has 1 N–H and O–H groups in total. The van der Waals surface area contributed by atoms with Gasteiger partial charge in [-0.25, -0.2) is 9.97 Å². The van der Waals surface area contributed by atoms with Crippen LogP contribution in [0.15, 0.2) is 36.8 Å². The molecule has 1 amide bonds. The lowest BCUT2D eigenvalue weighted by atomic mass is 10.2. The number of rotatable bonds is 4. The van der Waals surface area contributed by atoms with Crippen molar-refractivity contribution < 1.29 is 4.79 Å². The summed E-state index contributed by atoms with van der Waals surface area (Å²) in [5.74, 6) is 0.586. The van der Waals surface area contributed by atoms with Crippen molar-refractivity contribution in [2.24, 2.45) is 7.05 Å². The minimum Gasteiger partial charge on any atom is -0.346 e. The molecule has 0 aliphatic carbocycles. The smallest absolute Gasteiger partial charge is 0.270 e. The summed E-state index contributed by atoms with van der Waals surface area (Å²) in [6, 6.07) is 5.79. The summed E-state index contributed by atoms with van der Waals surface area (Å²) in [4.78, 5) is 28.1. The SMILES string of the molecule is Cc1nn(C)c(C(=O)NC2CCN(c3nccc(-c4cccnc4)n3)C2)c1C. The number of nitrogens with one attached hydrogen (secondary N) is 1. The number of pyridine rings is 1. The zero-order valence-corrected chi connectivity index (χ0v) is 16.3. The van der Waals surface area contributed by atoms with Crippen LogP contribution in [0.1, 0.15) is 28.2 Å². The first kappa shape index (κ1) is 18.1. The molecule has 28 heavy (non-hydrogen) atoms. The van der Waals surface area contributed by atoms with E-state index in [0.29, 0.717) is 18.2 Å². The fraction of sp³-hybridized carbons (Fsp3) is 0.350. The van der Waals surface area contributed by atoms with E-state index in [4.69, 9.17) is 0 Å². The molecule has 1 fully saturated rings. The lowest BCUT2D eigenvalue weighted by molar-refractivity contribution is 0.0930. The average Bonchev–Trinajstić information content (AvgIpc) is 3.26. The molecule has 4 heterocycles. The topological polar surface area (TPSA) is 88.8 Å². The molecule has 1 saturated heterocycles. The van der Waals surface area contributed by atoms with E-state index in [1.807, 2.05) is 32.0 Å². The number of hydrogen-bond acceptors (Lipinski definition) is 6. The molecule has 0 aromatic carbocycles. The molecule has 8 heteroatoms. The zero-order chi connectivity index (χ0) is 19.7. The van der Waals surface area contributed by atoms with E-state index in [-0.39, 0.29) is 11.9 Å². The van der Waals surface area contributed by atoms with E-state index < -0.39 is 0 Å². The minimum absolute atomic E-state index is 0.0488. The van der Waals surface area contributed by atoms with Crippen molar-refractivity contribution in [1.82, 2.24) is 30.0 Å². The molecule has 0 bridgehead atoms. The Morgan fingerprint density at radius 1 is 1.25 bits per heavy atom. The highest BCUT2D eigenvalue weighted by molar-refractivity contribution is 5.94. The summed E-state index contributed by atoms with van der Waals surface area (Å²) < 4.78 is 1.65. The van der Waals surface area contributed by atoms with Gasteiger partial charge >= 0.3 is 0 Å². The number of aromatic nitrogens is 5. The fourth-order valence-corrected chi connectivity index (χ4v) is 3.57. The Morgan fingerprint density at radius 2 is 2.11 bits per heavy atom. The van der Waals surface area contributed by atoms with E-state index in [1.165, 1.54) is 0 Å². The molecule has 1 aliphatic heterocycles. The third-order valence-corrected chi connectivity index (χ3v) is 5.14. The van der Waals surface area contributed by atoms with Gasteiger partial charge in [-0.15, -0.1) is 0 Å². The highest BCUT2D eigenvalue weighted by atomic mass is 16.2. The van der Waals surface area contributed by atoms with Gasteiger partial charge in [0.25, 0.3) is 5.91 Å². The van der Waals surface area contributed by atoms with Gasteiger partial charge in [-0.1, -0.05) is 0 Å². The molecule has 1 unspecified atom stereocenters. The summed E-state index contributed by atoms with van der Waals surface area (Å²) in [6.45, 7) is 5.31. The van der Waals surface area contributed by atoms with Gasteiger partial charge in [-0.2, -0.15) is 5.10 Å². The highest BCUT2D eigenvalue weighted by Crippen LogP contribution is 2.21. The molecule has 8 nitrogen and oxygen atoms in total. The molecule has 3 aromatic rings. The Morgan fingerprint density at radius 3 is 2.82 bits per heavy atom. The number of carbonyl (C=O) groups is 1. The maximum absolute atomic E-state index is 12.7. The molecule has 1 atom stereocenters.